The van der Waals surface area contributed by atoms with Crippen molar-refractivity contribution in [2.45, 2.75) is 12.8 Å². The zero-order valence-electron chi connectivity index (χ0n) is 6.36. The minimum absolute atomic E-state index is 1.29. The van der Waals surface area contributed by atoms with Gasteiger partial charge in [-0.2, -0.15) is 0 Å². The van der Waals surface area contributed by atoms with E-state index in [1.54, 1.807) is 5.57 Å². The summed E-state index contributed by atoms with van der Waals surface area (Å²) < 4.78 is 0. The molecule has 0 aromatic heterocycles. The quantitative estimate of drug-likeness (QED) is 0.588. The van der Waals surface area contributed by atoms with Gasteiger partial charge in [0.2, 0.25) is 0 Å². The van der Waals surface area contributed by atoms with E-state index in [9.17, 15) is 0 Å². The normalized spacial score (nSPS) is 15.2. The Morgan fingerprint density at radius 3 is 2.11 bits per heavy atom. The van der Waals surface area contributed by atoms with Gasteiger partial charge in [0, 0.05) is 21.1 Å². The molecule has 52 valence electrons. The maximum absolute atomic E-state index is 3.17. The second-order valence-electron chi connectivity index (χ2n) is 2.60. The molecule has 0 spiro atoms. The lowest BCUT2D eigenvalue weighted by Crippen LogP contribution is -2.22. The van der Waals surface area contributed by atoms with Crippen LogP contribution in [0.3, 0.4) is 0 Å². The Bertz CT molecular complexity index is 130. The summed E-state index contributed by atoms with van der Waals surface area (Å²) in [6.45, 7) is 0. The van der Waals surface area contributed by atoms with Gasteiger partial charge in [0.05, 0.1) is 5.82 Å². The second-order valence-corrected chi connectivity index (χ2v) is 2.60. The van der Waals surface area contributed by atoms with Crippen LogP contribution < -0.4 is 5.32 Å². The molecule has 0 bridgehead atoms. The van der Waals surface area contributed by atoms with Gasteiger partial charge in [0.25, 0.3) is 0 Å². The van der Waals surface area contributed by atoms with Gasteiger partial charge in [0.1, 0.15) is 0 Å². The Hall–Kier alpha value is -0.660. The van der Waals surface area contributed by atoms with E-state index in [2.05, 4.69) is 24.3 Å². The third-order valence-electron chi connectivity index (χ3n) is 1.52. The summed E-state index contributed by atoms with van der Waals surface area (Å²) in [6, 6.07) is 0. The molecule has 0 heterocycles. The van der Waals surface area contributed by atoms with Gasteiger partial charge in [0.15, 0.2) is 0 Å². The predicted octanol–water partition coefficient (Wildman–Crippen LogP) is 0.773. The molecule has 9 heavy (non-hydrogen) atoms. The number of nitrogens with zero attached hydrogens (tertiary/aromatic N) is 1. The summed E-state index contributed by atoms with van der Waals surface area (Å²) in [7, 11) is 6.11. The Kier molecular flexibility index (Phi) is 1.65. The lowest BCUT2D eigenvalue weighted by atomic mass is 10.5. The van der Waals surface area contributed by atoms with Crippen molar-refractivity contribution in [3.8, 4) is 0 Å². The highest BCUT2D eigenvalue weighted by atomic mass is 15.2. The molecular weight excluding hydrogens is 112 g/mol. The van der Waals surface area contributed by atoms with Crippen molar-refractivity contribution in [3.05, 3.63) is 11.4 Å². The highest BCUT2D eigenvalue weighted by Crippen LogP contribution is 2.30. The number of allylic oxidation sites excluding steroid dienone is 1. The molecule has 0 aliphatic heterocycles. The summed E-state index contributed by atoms with van der Waals surface area (Å²) in [6.07, 6.45) is 2.57. The molecule has 1 aliphatic rings. The smallest absolute Gasteiger partial charge is 0.0996 e. The molecule has 1 aliphatic carbocycles. The van der Waals surface area contributed by atoms with Gasteiger partial charge in [-0.1, -0.05) is 0 Å². The zero-order chi connectivity index (χ0) is 6.85. The van der Waals surface area contributed by atoms with E-state index in [4.69, 9.17) is 0 Å². The lowest BCUT2D eigenvalue weighted by Gasteiger charge is -2.15. The average Bonchev–Trinajstić information content (AvgIpc) is 2.50. The maximum atomic E-state index is 3.17. The van der Waals surface area contributed by atoms with Gasteiger partial charge in [-0.3, -0.25) is 0 Å². The van der Waals surface area contributed by atoms with E-state index in [1.165, 1.54) is 18.7 Å². The molecule has 1 rings (SSSR count). The first kappa shape index (κ1) is 6.46. The molecule has 0 saturated heterocycles. The van der Waals surface area contributed by atoms with E-state index < -0.39 is 0 Å². The first-order valence-corrected chi connectivity index (χ1v) is 3.33. The van der Waals surface area contributed by atoms with Crippen LogP contribution in [-0.2, 0) is 0 Å². The molecule has 0 unspecified atom stereocenters. The Labute approximate surface area is 56.5 Å². The Morgan fingerprint density at radius 2 is 2.00 bits per heavy atom. The van der Waals surface area contributed by atoms with Crippen molar-refractivity contribution in [3.63, 3.8) is 0 Å². The summed E-state index contributed by atoms with van der Waals surface area (Å²) >= 11 is 0. The third kappa shape index (κ3) is 1.37. The molecule has 2 heteroatoms. The van der Waals surface area contributed by atoms with E-state index in [0.29, 0.717) is 0 Å². The number of nitrogens with one attached hydrogen (secondary N) is 1. The van der Waals surface area contributed by atoms with Gasteiger partial charge in [-0.25, -0.2) is 0 Å². The summed E-state index contributed by atoms with van der Waals surface area (Å²) in [5.74, 6) is 1.30. The molecule has 2 nitrogen and oxygen atoms in total. The number of rotatable bonds is 2. The summed E-state index contributed by atoms with van der Waals surface area (Å²) in [5, 5.41) is 3.17. The van der Waals surface area contributed by atoms with Crippen LogP contribution in [0.1, 0.15) is 12.8 Å². The van der Waals surface area contributed by atoms with Crippen molar-refractivity contribution >= 4 is 0 Å². The lowest BCUT2D eigenvalue weighted by molar-refractivity contribution is 0.473. The number of hydrogen-bond acceptors (Lipinski definition) is 2. The molecule has 0 aromatic rings. The van der Waals surface area contributed by atoms with Crippen LogP contribution >= 0.6 is 0 Å². The van der Waals surface area contributed by atoms with Crippen LogP contribution in [0.2, 0.25) is 0 Å². The summed E-state index contributed by atoms with van der Waals surface area (Å²) in [5.41, 5.74) is 1.56. The van der Waals surface area contributed by atoms with E-state index in [0.717, 1.165) is 0 Å². The minimum atomic E-state index is 1.29. The summed E-state index contributed by atoms with van der Waals surface area (Å²) in [4.78, 5) is 2.13. The molecule has 1 fully saturated rings. The molecular formula is C7H14N2. The monoisotopic (exact) mass is 126 g/mol. The first-order valence-electron chi connectivity index (χ1n) is 3.33. The second kappa shape index (κ2) is 2.29. The number of hydrogen-bond donors (Lipinski definition) is 1. The van der Waals surface area contributed by atoms with Crippen LogP contribution in [0.4, 0.5) is 0 Å². The van der Waals surface area contributed by atoms with Gasteiger partial charge in [-0.05, 0) is 18.4 Å². The van der Waals surface area contributed by atoms with Crippen LogP contribution in [0.5, 0.6) is 0 Å². The van der Waals surface area contributed by atoms with Crippen molar-refractivity contribution in [2.24, 2.45) is 0 Å². The van der Waals surface area contributed by atoms with Crippen LogP contribution in [0, 0.1) is 0 Å². The van der Waals surface area contributed by atoms with Crippen LogP contribution in [-0.4, -0.2) is 26.0 Å². The SMILES string of the molecule is CNC(=C1CC1)N(C)C. The molecule has 1 saturated carbocycles. The fourth-order valence-electron chi connectivity index (χ4n) is 1.02. The molecule has 0 atom stereocenters. The van der Waals surface area contributed by atoms with Gasteiger partial charge in [-0.15, -0.1) is 0 Å². The molecule has 0 radical (unpaired) electrons. The predicted molar refractivity (Wildman–Crippen MR) is 39.0 cm³/mol. The van der Waals surface area contributed by atoms with Crippen molar-refractivity contribution in [1.29, 1.82) is 0 Å². The van der Waals surface area contributed by atoms with E-state index >= 15 is 0 Å². The fourth-order valence-corrected chi connectivity index (χ4v) is 1.02. The average molecular weight is 126 g/mol. The Balaban J connectivity index is 2.59. The standard InChI is InChI=1S/C7H14N2/c1-8-7(9(2)3)6-4-5-6/h8H,4-5H2,1-3H3. The maximum Gasteiger partial charge on any atom is 0.0996 e. The van der Waals surface area contributed by atoms with Crippen LogP contribution in [0.25, 0.3) is 0 Å². The van der Waals surface area contributed by atoms with Crippen LogP contribution in [0.15, 0.2) is 11.4 Å². The van der Waals surface area contributed by atoms with Crippen molar-refractivity contribution < 1.29 is 0 Å². The van der Waals surface area contributed by atoms with Crippen molar-refractivity contribution in [2.75, 3.05) is 21.1 Å². The first-order chi connectivity index (χ1) is 4.25. The highest BCUT2D eigenvalue weighted by Gasteiger charge is 2.17. The minimum Gasteiger partial charge on any atom is -0.375 e. The van der Waals surface area contributed by atoms with Gasteiger partial charge >= 0.3 is 0 Å². The molecule has 1 N–H and O–H groups in total. The highest BCUT2D eigenvalue weighted by molar-refractivity contribution is 5.22. The van der Waals surface area contributed by atoms with E-state index in [-0.39, 0.29) is 0 Å². The topological polar surface area (TPSA) is 15.3 Å². The van der Waals surface area contributed by atoms with Gasteiger partial charge < -0.3 is 10.2 Å². The van der Waals surface area contributed by atoms with E-state index in [1.807, 2.05) is 7.05 Å². The third-order valence-corrected chi connectivity index (χ3v) is 1.52. The zero-order valence-corrected chi connectivity index (χ0v) is 6.36. The molecule has 0 amide bonds. The van der Waals surface area contributed by atoms with Crippen molar-refractivity contribution in [1.82, 2.24) is 10.2 Å². The molecule has 0 aromatic carbocycles. The fraction of sp³-hybridized carbons (Fsp3) is 0.714. The largest absolute Gasteiger partial charge is 0.375 e. The Morgan fingerprint density at radius 1 is 1.44 bits per heavy atom.